The quantitative estimate of drug-likeness (QED) is 0.543. The average molecular weight is 485 g/mol. The topological polar surface area (TPSA) is 80.7 Å². The Balaban J connectivity index is 1.57. The van der Waals surface area contributed by atoms with Crippen LogP contribution in [0.1, 0.15) is 100 Å². The first-order valence-electron chi connectivity index (χ1n) is 13.6. The second-order valence-corrected chi connectivity index (χ2v) is 14.6. The van der Waals surface area contributed by atoms with E-state index in [0.29, 0.717) is 25.7 Å². The van der Waals surface area contributed by atoms with Crippen LogP contribution in [0.5, 0.6) is 0 Å². The van der Waals surface area contributed by atoms with Gasteiger partial charge in [0.05, 0.1) is 23.2 Å². The van der Waals surface area contributed by atoms with Gasteiger partial charge < -0.3 is 9.84 Å². The number of Topliss-reactive ketones (excluding diaryl/α,β-unsaturated/α-hetero) is 3. The molecular weight excluding hydrogens is 440 g/mol. The molecule has 1 heterocycles. The first-order chi connectivity index (χ1) is 15.9. The number of ether oxygens (including phenoxy) is 1. The predicted octanol–water partition coefficient (Wildman–Crippen LogP) is 5.23. The third kappa shape index (κ3) is 3.09. The van der Waals surface area contributed by atoms with Crippen LogP contribution in [0, 0.1) is 39.4 Å². The molecule has 2 unspecified atom stereocenters. The third-order valence-corrected chi connectivity index (χ3v) is 11.7. The number of hydrogen-bond acceptors (Lipinski definition) is 5. The van der Waals surface area contributed by atoms with Gasteiger partial charge in [-0.3, -0.25) is 14.4 Å². The van der Waals surface area contributed by atoms with E-state index in [0.717, 1.165) is 19.3 Å². The fourth-order valence-corrected chi connectivity index (χ4v) is 9.77. The summed E-state index contributed by atoms with van der Waals surface area (Å²) in [5.41, 5.74) is -1.90. The molecule has 0 bridgehead atoms. The summed E-state index contributed by atoms with van der Waals surface area (Å²) in [5, 5.41) is 10.6. The normalized spacial score (nSPS) is 49.4. The summed E-state index contributed by atoms with van der Waals surface area (Å²) in [7, 11) is 0. The van der Waals surface area contributed by atoms with Gasteiger partial charge in [0.1, 0.15) is 17.3 Å². The van der Waals surface area contributed by atoms with E-state index in [1.54, 1.807) is 13.8 Å². The van der Waals surface area contributed by atoms with Crippen LogP contribution in [0.4, 0.5) is 0 Å². The Morgan fingerprint density at radius 2 is 1.60 bits per heavy atom. The minimum Gasteiger partial charge on any atom is -0.388 e. The Hall–Kier alpha value is -1.33. The molecule has 3 saturated carbocycles. The maximum Gasteiger partial charge on any atom is 0.140 e. The molecule has 0 spiro atoms. The molecule has 0 aromatic rings. The van der Waals surface area contributed by atoms with Crippen molar-refractivity contribution in [3.63, 3.8) is 0 Å². The molecule has 0 amide bonds. The number of fused-ring (bicyclic) bond motifs is 5. The third-order valence-electron chi connectivity index (χ3n) is 11.7. The Bertz CT molecular complexity index is 1030. The Morgan fingerprint density at radius 1 is 0.943 bits per heavy atom. The molecule has 4 aliphatic carbocycles. The summed E-state index contributed by atoms with van der Waals surface area (Å²) < 4.78 is 6.53. The monoisotopic (exact) mass is 484 g/mol. The summed E-state index contributed by atoms with van der Waals surface area (Å²) in [6.45, 7) is 16.2. The van der Waals surface area contributed by atoms with Crippen LogP contribution in [-0.4, -0.2) is 39.8 Å². The van der Waals surface area contributed by atoms with Gasteiger partial charge >= 0.3 is 0 Å². The van der Waals surface area contributed by atoms with E-state index < -0.39 is 16.6 Å². The molecule has 5 rings (SSSR count). The molecule has 1 saturated heterocycles. The molecular formula is C30H44O5. The molecule has 5 aliphatic rings. The van der Waals surface area contributed by atoms with Crippen molar-refractivity contribution in [1.29, 1.82) is 0 Å². The second-order valence-electron chi connectivity index (χ2n) is 14.6. The van der Waals surface area contributed by atoms with Gasteiger partial charge in [-0.2, -0.15) is 0 Å². The van der Waals surface area contributed by atoms with Crippen LogP contribution in [0.25, 0.3) is 0 Å². The molecule has 35 heavy (non-hydrogen) atoms. The highest BCUT2D eigenvalue weighted by Gasteiger charge is 2.71. The smallest absolute Gasteiger partial charge is 0.140 e. The zero-order valence-corrected chi connectivity index (χ0v) is 22.9. The van der Waals surface area contributed by atoms with E-state index in [9.17, 15) is 19.5 Å². The van der Waals surface area contributed by atoms with E-state index in [1.807, 2.05) is 13.8 Å². The van der Waals surface area contributed by atoms with Crippen LogP contribution >= 0.6 is 0 Å². The van der Waals surface area contributed by atoms with Crippen molar-refractivity contribution >= 4 is 17.3 Å². The molecule has 1 aliphatic heterocycles. The van der Waals surface area contributed by atoms with Crippen molar-refractivity contribution < 1.29 is 24.2 Å². The van der Waals surface area contributed by atoms with Gasteiger partial charge in [-0.05, 0) is 68.6 Å². The number of ketones is 3. The van der Waals surface area contributed by atoms with Crippen molar-refractivity contribution in [3.05, 3.63) is 11.6 Å². The van der Waals surface area contributed by atoms with Crippen molar-refractivity contribution in [2.75, 3.05) is 0 Å². The summed E-state index contributed by atoms with van der Waals surface area (Å²) in [4.78, 5) is 40.5. The number of hydrogen-bond donors (Lipinski definition) is 1. The Morgan fingerprint density at radius 3 is 2.20 bits per heavy atom. The standard InChI is InChI=1S/C30H44O5/c1-25(2)21(33)10-12-27(5)17-9-13-28(6)24(30(8)14-11-22(35-30)26(3,4)34)20(32)16-29(28,7)18(17)15-19(31)23(25)27/h9,18,22-24,34H,10-16H2,1-8H3/t18?,22-,23?,24+,27-,28-,29+,30+/m1/s1. The van der Waals surface area contributed by atoms with Crippen molar-refractivity contribution in [3.8, 4) is 0 Å². The van der Waals surface area contributed by atoms with Gasteiger partial charge in [0, 0.05) is 30.6 Å². The molecule has 0 aromatic carbocycles. The summed E-state index contributed by atoms with van der Waals surface area (Å²) >= 11 is 0. The summed E-state index contributed by atoms with van der Waals surface area (Å²) in [5.74, 6) is 0.0888. The lowest BCUT2D eigenvalue weighted by molar-refractivity contribution is -0.169. The molecule has 0 radical (unpaired) electrons. The van der Waals surface area contributed by atoms with E-state index in [2.05, 4.69) is 33.8 Å². The minimum absolute atomic E-state index is 0.0167. The van der Waals surface area contributed by atoms with E-state index >= 15 is 0 Å². The van der Waals surface area contributed by atoms with Gasteiger partial charge in [-0.1, -0.05) is 46.3 Å². The molecule has 5 nitrogen and oxygen atoms in total. The first-order valence-corrected chi connectivity index (χ1v) is 13.6. The van der Waals surface area contributed by atoms with Crippen LogP contribution in [-0.2, 0) is 19.1 Å². The first kappa shape index (κ1) is 25.3. The van der Waals surface area contributed by atoms with Gasteiger partial charge in [0.25, 0.3) is 0 Å². The van der Waals surface area contributed by atoms with Gasteiger partial charge in [0.2, 0.25) is 0 Å². The highest BCUT2D eigenvalue weighted by Crippen LogP contribution is 2.72. The number of carbonyl (C=O) groups is 3. The second kappa shape index (κ2) is 7.16. The largest absolute Gasteiger partial charge is 0.388 e. The summed E-state index contributed by atoms with van der Waals surface area (Å²) in [6.07, 6.45) is 6.43. The maximum absolute atomic E-state index is 13.9. The van der Waals surface area contributed by atoms with Gasteiger partial charge in [-0.15, -0.1) is 0 Å². The van der Waals surface area contributed by atoms with Crippen LogP contribution < -0.4 is 0 Å². The SMILES string of the molecule is CC1(C)C(=O)CC[C@]2(C)C3=CC[C@]4(C)[C@@H]([C@]5(C)CC[C@H](C(C)(C)O)O5)C(=O)C[C@@]4(C)C3CC(=O)C12. The van der Waals surface area contributed by atoms with Crippen molar-refractivity contribution in [2.45, 2.75) is 118 Å². The fourth-order valence-electron chi connectivity index (χ4n) is 9.77. The number of aliphatic hydroxyl groups is 1. The Labute approximate surface area is 210 Å². The van der Waals surface area contributed by atoms with E-state index in [1.165, 1.54) is 5.57 Å². The number of allylic oxidation sites excluding steroid dienone is 2. The zero-order chi connectivity index (χ0) is 26.0. The summed E-state index contributed by atoms with van der Waals surface area (Å²) in [6, 6.07) is 0. The average Bonchev–Trinajstić information content (AvgIpc) is 3.20. The maximum atomic E-state index is 13.9. The lowest BCUT2D eigenvalue weighted by Crippen LogP contribution is -2.60. The number of carbonyl (C=O) groups excluding carboxylic acids is 3. The fraction of sp³-hybridized carbons (Fsp3) is 0.833. The van der Waals surface area contributed by atoms with E-state index in [4.69, 9.17) is 4.74 Å². The van der Waals surface area contributed by atoms with Crippen LogP contribution in [0.3, 0.4) is 0 Å². The molecule has 4 fully saturated rings. The van der Waals surface area contributed by atoms with Gasteiger partial charge in [-0.25, -0.2) is 0 Å². The van der Waals surface area contributed by atoms with Crippen molar-refractivity contribution in [1.82, 2.24) is 0 Å². The number of rotatable bonds is 2. The highest BCUT2D eigenvalue weighted by molar-refractivity contribution is 5.96. The lowest BCUT2D eigenvalue weighted by atomic mass is 9.41. The molecule has 8 atom stereocenters. The Kier molecular flexibility index (Phi) is 5.18. The lowest BCUT2D eigenvalue weighted by Gasteiger charge is -2.62. The molecule has 0 aromatic heterocycles. The molecule has 5 heteroatoms. The zero-order valence-electron chi connectivity index (χ0n) is 22.9. The predicted molar refractivity (Wildman–Crippen MR) is 134 cm³/mol. The molecule has 194 valence electrons. The molecule has 1 N–H and O–H groups in total. The van der Waals surface area contributed by atoms with Crippen LogP contribution in [0.15, 0.2) is 11.6 Å². The highest BCUT2D eigenvalue weighted by atomic mass is 16.5. The van der Waals surface area contributed by atoms with Crippen molar-refractivity contribution in [2.24, 2.45) is 39.4 Å². The van der Waals surface area contributed by atoms with Gasteiger partial charge in [0.15, 0.2) is 0 Å². The van der Waals surface area contributed by atoms with E-state index in [-0.39, 0.29) is 57.5 Å². The van der Waals surface area contributed by atoms with Crippen LogP contribution in [0.2, 0.25) is 0 Å². The minimum atomic E-state index is -0.951.